The molecule has 116 valence electrons. The van der Waals surface area contributed by atoms with Gasteiger partial charge >= 0.3 is 5.97 Å². The minimum Gasteiger partial charge on any atom is -0.466 e. The number of carbonyl (C=O) groups excluding carboxylic acids is 2. The number of piperidine rings is 1. The Labute approximate surface area is 123 Å². The van der Waals surface area contributed by atoms with Gasteiger partial charge in [0.2, 0.25) is 11.8 Å². The summed E-state index contributed by atoms with van der Waals surface area (Å²) in [7, 11) is 0. The maximum Gasteiger partial charge on any atom is 0.310 e. The minimum atomic E-state index is -0.206. The van der Waals surface area contributed by atoms with Gasteiger partial charge in [-0.15, -0.1) is 0 Å². The van der Waals surface area contributed by atoms with Crippen molar-refractivity contribution >= 4 is 11.9 Å². The second-order valence-corrected chi connectivity index (χ2v) is 5.17. The van der Waals surface area contributed by atoms with Crippen LogP contribution in [0.15, 0.2) is 4.52 Å². The van der Waals surface area contributed by atoms with Gasteiger partial charge in [-0.1, -0.05) is 5.16 Å². The van der Waals surface area contributed by atoms with Crippen molar-refractivity contribution in [1.82, 2.24) is 15.0 Å². The Morgan fingerprint density at radius 1 is 1.48 bits per heavy atom. The van der Waals surface area contributed by atoms with Crippen molar-refractivity contribution in [1.29, 1.82) is 0 Å². The third-order valence-corrected chi connectivity index (χ3v) is 3.52. The summed E-state index contributed by atoms with van der Waals surface area (Å²) in [5.41, 5.74) is 0. The van der Waals surface area contributed by atoms with Crippen LogP contribution in [0.4, 0.5) is 0 Å². The topological polar surface area (TPSA) is 85.5 Å². The van der Waals surface area contributed by atoms with E-state index in [2.05, 4.69) is 10.1 Å². The van der Waals surface area contributed by atoms with Crippen molar-refractivity contribution in [3.05, 3.63) is 11.7 Å². The van der Waals surface area contributed by atoms with E-state index in [0.717, 1.165) is 12.8 Å². The molecule has 0 N–H and O–H groups in total. The lowest BCUT2D eigenvalue weighted by Gasteiger charge is -2.31. The molecule has 0 aromatic carbocycles. The Morgan fingerprint density at radius 3 is 2.95 bits per heavy atom. The molecule has 1 fully saturated rings. The molecule has 1 aliphatic rings. The quantitative estimate of drug-likeness (QED) is 0.756. The number of aryl methyl sites for hydroxylation is 2. The maximum absolute atomic E-state index is 12.2. The number of ether oxygens (including phenoxy) is 1. The molecule has 21 heavy (non-hydrogen) atoms. The normalized spacial score (nSPS) is 18.6. The van der Waals surface area contributed by atoms with Gasteiger partial charge in [-0.3, -0.25) is 9.59 Å². The predicted molar refractivity (Wildman–Crippen MR) is 73.3 cm³/mol. The smallest absolute Gasteiger partial charge is 0.310 e. The number of hydrogen-bond donors (Lipinski definition) is 0. The van der Waals surface area contributed by atoms with Gasteiger partial charge in [0.1, 0.15) is 0 Å². The summed E-state index contributed by atoms with van der Waals surface area (Å²) in [5, 5.41) is 3.69. The van der Waals surface area contributed by atoms with Gasteiger partial charge in [0.15, 0.2) is 5.82 Å². The summed E-state index contributed by atoms with van der Waals surface area (Å²) in [5.74, 6) is 0.647. The van der Waals surface area contributed by atoms with E-state index in [1.54, 1.807) is 18.7 Å². The Morgan fingerprint density at radius 2 is 2.29 bits per heavy atom. The van der Waals surface area contributed by atoms with Crippen LogP contribution < -0.4 is 0 Å². The van der Waals surface area contributed by atoms with E-state index in [1.807, 2.05) is 0 Å². The van der Waals surface area contributed by atoms with Crippen LogP contribution >= 0.6 is 0 Å². The molecule has 0 saturated carbocycles. The lowest BCUT2D eigenvalue weighted by molar-refractivity contribution is -0.151. The fraction of sp³-hybridized carbons (Fsp3) is 0.714. The van der Waals surface area contributed by atoms with Gasteiger partial charge in [-0.25, -0.2) is 0 Å². The first-order valence-electron chi connectivity index (χ1n) is 7.33. The third-order valence-electron chi connectivity index (χ3n) is 3.52. The van der Waals surface area contributed by atoms with Crippen molar-refractivity contribution in [2.75, 3.05) is 19.7 Å². The minimum absolute atomic E-state index is 0.0138. The monoisotopic (exact) mass is 295 g/mol. The van der Waals surface area contributed by atoms with Crippen molar-refractivity contribution in [2.24, 2.45) is 5.92 Å². The third kappa shape index (κ3) is 4.27. The zero-order valence-corrected chi connectivity index (χ0v) is 12.5. The van der Waals surface area contributed by atoms with Crippen molar-refractivity contribution in [2.45, 2.75) is 39.5 Å². The molecule has 1 aromatic rings. The molecule has 2 rings (SSSR count). The zero-order chi connectivity index (χ0) is 15.2. The van der Waals surface area contributed by atoms with Gasteiger partial charge in [0, 0.05) is 25.9 Å². The van der Waals surface area contributed by atoms with Crippen molar-refractivity contribution in [3.8, 4) is 0 Å². The zero-order valence-electron chi connectivity index (χ0n) is 12.5. The van der Waals surface area contributed by atoms with Gasteiger partial charge in [-0.2, -0.15) is 4.98 Å². The first-order chi connectivity index (χ1) is 10.1. The molecule has 1 unspecified atom stereocenters. The summed E-state index contributed by atoms with van der Waals surface area (Å²) in [4.78, 5) is 29.7. The van der Waals surface area contributed by atoms with Gasteiger partial charge in [0.05, 0.1) is 12.5 Å². The lowest BCUT2D eigenvalue weighted by atomic mass is 9.98. The SMILES string of the molecule is CCOC(=O)C1CCCN(C(=O)CCc2nc(C)no2)C1. The fourth-order valence-corrected chi connectivity index (χ4v) is 2.47. The Hall–Kier alpha value is -1.92. The van der Waals surface area contributed by atoms with Crippen molar-refractivity contribution < 1.29 is 18.8 Å². The number of aromatic nitrogens is 2. The summed E-state index contributed by atoms with van der Waals surface area (Å²) in [6.07, 6.45) is 2.36. The number of nitrogens with zero attached hydrogens (tertiary/aromatic N) is 3. The number of hydrogen-bond acceptors (Lipinski definition) is 6. The number of likely N-dealkylation sites (tertiary alicyclic amines) is 1. The van der Waals surface area contributed by atoms with Crippen LogP contribution in [0.2, 0.25) is 0 Å². The van der Waals surface area contributed by atoms with Crippen LogP contribution in [0.25, 0.3) is 0 Å². The molecule has 2 heterocycles. The van der Waals surface area contributed by atoms with Crippen LogP contribution in [0, 0.1) is 12.8 Å². The van der Waals surface area contributed by atoms with E-state index in [9.17, 15) is 9.59 Å². The number of esters is 1. The van der Waals surface area contributed by atoms with Crippen LogP contribution in [0.1, 0.15) is 37.9 Å². The van der Waals surface area contributed by atoms with Crippen molar-refractivity contribution in [3.63, 3.8) is 0 Å². The average Bonchev–Trinajstić information content (AvgIpc) is 2.91. The molecule has 1 aromatic heterocycles. The van der Waals surface area contributed by atoms with E-state index in [-0.39, 0.29) is 17.8 Å². The van der Waals surface area contributed by atoms with Crippen LogP contribution in [0.5, 0.6) is 0 Å². The summed E-state index contributed by atoms with van der Waals surface area (Å²) < 4.78 is 10.0. The molecule has 0 radical (unpaired) electrons. The first-order valence-corrected chi connectivity index (χ1v) is 7.33. The van der Waals surface area contributed by atoms with Gasteiger partial charge in [-0.05, 0) is 26.7 Å². The molecule has 7 nitrogen and oxygen atoms in total. The Kier molecular flexibility index (Phi) is 5.30. The van der Waals surface area contributed by atoms with E-state index in [4.69, 9.17) is 9.26 Å². The molecular weight excluding hydrogens is 274 g/mol. The molecule has 1 amide bonds. The van der Waals surface area contributed by atoms with Crippen LogP contribution in [-0.2, 0) is 20.7 Å². The number of carbonyl (C=O) groups is 2. The molecule has 1 saturated heterocycles. The molecule has 1 atom stereocenters. The highest BCUT2D eigenvalue weighted by Gasteiger charge is 2.29. The molecule has 0 spiro atoms. The van der Waals surface area contributed by atoms with Gasteiger partial charge < -0.3 is 14.2 Å². The molecular formula is C14H21N3O4. The maximum atomic E-state index is 12.2. The van der Waals surface area contributed by atoms with E-state index in [0.29, 0.717) is 44.3 Å². The number of rotatable bonds is 5. The standard InChI is InChI=1S/C14H21N3O4/c1-3-20-14(19)11-5-4-8-17(9-11)13(18)7-6-12-15-10(2)16-21-12/h11H,3-9H2,1-2H3. The molecule has 7 heteroatoms. The molecule has 0 aliphatic carbocycles. The molecule has 1 aliphatic heterocycles. The fourth-order valence-electron chi connectivity index (χ4n) is 2.47. The summed E-state index contributed by atoms with van der Waals surface area (Å²) in [6, 6.07) is 0. The largest absolute Gasteiger partial charge is 0.466 e. The summed E-state index contributed by atoms with van der Waals surface area (Å²) >= 11 is 0. The summed E-state index contributed by atoms with van der Waals surface area (Å²) in [6.45, 7) is 5.04. The number of amides is 1. The molecule has 0 bridgehead atoms. The van der Waals surface area contributed by atoms with Crippen LogP contribution in [0.3, 0.4) is 0 Å². The Bertz CT molecular complexity index is 500. The second-order valence-electron chi connectivity index (χ2n) is 5.17. The average molecular weight is 295 g/mol. The van der Waals surface area contributed by atoms with Crippen LogP contribution in [-0.4, -0.2) is 46.6 Å². The highest BCUT2D eigenvalue weighted by Crippen LogP contribution is 2.19. The highest BCUT2D eigenvalue weighted by atomic mass is 16.5. The lowest BCUT2D eigenvalue weighted by Crippen LogP contribution is -2.42. The second kappa shape index (κ2) is 7.19. The Balaban J connectivity index is 1.82. The first kappa shape index (κ1) is 15.5. The van der Waals surface area contributed by atoms with Gasteiger partial charge in [0.25, 0.3) is 0 Å². The van der Waals surface area contributed by atoms with E-state index < -0.39 is 0 Å². The highest BCUT2D eigenvalue weighted by molar-refractivity contribution is 5.78. The van der Waals surface area contributed by atoms with E-state index >= 15 is 0 Å². The predicted octanol–water partition coefficient (Wildman–Crippen LogP) is 1.11. The van der Waals surface area contributed by atoms with E-state index in [1.165, 1.54) is 0 Å².